The fourth-order valence-electron chi connectivity index (χ4n) is 2.41. The fourth-order valence-corrected chi connectivity index (χ4v) is 2.41. The van der Waals surface area contributed by atoms with Gasteiger partial charge in [0.1, 0.15) is 0 Å². The summed E-state index contributed by atoms with van der Waals surface area (Å²) in [6, 6.07) is 0. The van der Waals surface area contributed by atoms with E-state index < -0.39 is 0 Å². The topological polar surface area (TPSA) is 58.9 Å². The second kappa shape index (κ2) is 10.6. The van der Waals surface area contributed by atoms with Gasteiger partial charge >= 0.3 is 0 Å². The molecule has 0 fully saturated rings. The molecule has 5 nitrogen and oxygen atoms in total. The average Bonchev–Trinajstić information content (AvgIpc) is 2.67. The Hall–Kier alpha value is -1.07. The zero-order valence-electron chi connectivity index (χ0n) is 14.5. The van der Waals surface area contributed by atoms with E-state index in [-0.39, 0.29) is 18.3 Å². The van der Waals surface area contributed by atoms with Crippen LogP contribution in [0.2, 0.25) is 0 Å². The predicted octanol–water partition coefficient (Wildman–Crippen LogP) is 2.24. The monoisotopic (exact) mass is 330 g/mol. The predicted molar refractivity (Wildman–Crippen MR) is 93.7 cm³/mol. The SMILES string of the molecule is CCNCCNC(=O)CCc1c(C)nn(CC(C)C)c1C.Cl. The van der Waals surface area contributed by atoms with Gasteiger partial charge in [-0.15, -0.1) is 12.4 Å². The van der Waals surface area contributed by atoms with Gasteiger partial charge in [-0.05, 0) is 38.3 Å². The number of halogens is 1. The van der Waals surface area contributed by atoms with Crippen molar-refractivity contribution in [1.29, 1.82) is 0 Å². The first-order valence-electron chi connectivity index (χ1n) is 7.96. The standard InChI is InChI=1S/C16H30N4O.ClH/c1-6-17-9-10-18-16(21)8-7-15-13(4)19-20(14(15)5)11-12(2)3;/h12,17H,6-11H2,1-5H3,(H,18,21);1H. The molecule has 0 radical (unpaired) electrons. The Labute approximate surface area is 140 Å². The Morgan fingerprint density at radius 1 is 1.27 bits per heavy atom. The van der Waals surface area contributed by atoms with Crippen LogP contribution in [0.3, 0.4) is 0 Å². The highest BCUT2D eigenvalue weighted by atomic mass is 35.5. The van der Waals surface area contributed by atoms with Gasteiger partial charge in [-0.2, -0.15) is 5.10 Å². The van der Waals surface area contributed by atoms with Crippen LogP contribution in [0.15, 0.2) is 0 Å². The van der Waals surface area contributed by atoms with E-state index in [9.17, 15) is 4.79 Å². The van der Waals surface area contributed by atoms with Crippen molar-refractivity contribution in [3.05, 3.63) is 17.0 Å². The Bertz CT molecular complexity index is 457. The summed E-state index contributed by atoms with van der Waals surface area (Å²) in [7, 11) is 0. The third-order valence-electron chi connectivity index (χ3n) is 3.55. The van der Waals surface area contributed by atoms with Gasteiger partial charge in [-0.3, -0.25) is 9.48 Å². The highest BCUT2D eigenvalue weighted by Crippen LogP contribution is 2.16. The van der Waals surface area contributed by atoms with Gasteiger partial charge in [0, 0.05) is 31.7 Å². The van der Waals surface area contributed by atoms with Crippen molar-refractivity contribution in [3.8, 4) is 0 Å². The number of nitrogens with zero attached hydrogens (tertiary/aromatic N) is 2. The Morgan fingerprint density at radius 3 is 2.55 bits per heavy atom. The lowest BCUT2D eigenvalue weighted by molar-refractivity contribution is -0.121. The second-order valence-corrected chi connectivity index (χ2v) is 5.93. The van der Waals surface area contributed by atoms with Crippen molar-refractivity contribution in [2.75, 3.05) is 19.6 Å². The number of hydrogen-bond donors (Lipinski definition) is 2. The van der Waals surface area contributed by atoms with Crippen LogP contribution in [0.25, 0.3) is 0 Å². The van der Waals surface area contributed by atoms with Crippen LogP contribution < -0.4 is 10.6 Å². The number of hydrogen-bond acceptors (Lipinski definition) is 3. The minimum atomic E-state index is 0. The third kappa shape index (κ3) is 6.79. The number of carbonyl (C=O) groups excluding carboxylic acids is 1. The van der Waals surface area contributed by atoms with E-state index in [1.807, 2.05) is 6.92 Å². The quantitative estimate of drug-likeness (QED) is 0.683. The molecule has 128 valence electrons. The number of carbonyl (C=O) groups is 1. The van der Waals surface area contributed by atoms with E-state index in [2.05, 4.69) is 48.1 Å². The number of aromatic nitrogens is 2. The lowest BCUT2D eigenvalue weighted by Crippen LogP contribution is -2.31. The van der Waals surface area contributed by atoms with E-state index in [0.29, 0.717) is 18.9 Å². The van der Waals surface area contributed by atoms with Crippen molar-refractivity contribution >= 4 is 18.3 Å². The van der Waals surface area contributed by atoms with Crippen LogP contribution in [0.5, 0.6) is 0 Å². The number of rotatable bonds is 9. The molecule has 0 aromatic carbocycles. The lowest BCUT2D eigenvalue weighted by atomic mass is 10.1. The molecule has 0 atom stereocenters. The van der Waals surface area contributed by atoms with Crippen LogP contribution in [-0.4, -0.2) is 35.3 Å². The van der Waals surface area contributed by atoms with E-state index in [1.54, 1.807) is 0 Å². The molecule has 1 aromatic heterocycles. The molecule has 0 saturated carbocycles. The molecule has 0 spiro atoms. The van der Waals surface area contributed by atoms with Crippen molar-refractivity contribution in [2.24, 2.45) is 5.92 Å². The van der Waals surface area contributed by atoms with Crippen LogP contribution in [-0.2, 0) is 17.8 Å². The molecule has 0 aliphatic rings. The molecule has 0 aliphatic heterocycles. The van der Waals surface area contributed by atoms with Gasteiger partial charge in [-0.25, -0.2) is 0 Å². The minimum absolute atomic E-state index is 0. The van der Waals surface area contributed by atoms with Crippen molar-refractivity contribution in [2.45, 2.75) is 54.0 Å². The number of likely N-dealkylation sites (N-methyl/N-ethyl adjacent to an activating group) is 1. The van der Waals surface area contributed by atoms with Crippen molar-refractivity contribution < 1.29 is 4.79 Å². The summed E-state index contributed by atoms with van der Waals surface area (Å²) in [4.78, 5) is 11.8. The number of aryl methyl sites for hydroxylation is 1. The summed E-state index contributed by atoms with van der Waals surface area (Å²) < 4.78 is 2.07. The largest absolute Gasteiger partial charge is 0.355 e. The summed E-state index contributed by atoms with van der Waals surface area (Å²) in [5.74, 6) is 0.688. The molecule has 1 rings (SSSR count). The fraction of sp³-hybridized carbons (Fsp3) is 0.750. The lowest BCUT2D eigenvalue weighted by Gasteiger charge is -2.08. The Balaban J connectivity index is 0.00000441. The van der Waals surface area contributed by atoms with Gasteiger partial charge in [0.15, 0.2) is 0 Å². The smallest absolute Gasteiger partial charge is 0.220 e. The second-order valence-electron chi connectivity index (χ2n) is 5.93. The summed E-state index contributed by atoms with van der Waals surface area (Å²) in [5.41, 5.74) is 3.47. The van der Waals surface area contributed by atoms with Crippen LogP contribution in [0, 0.1) is 19.8 Å². The molecule has 0 unspecified atom stereocenters. The van der Waals surface area contributed by atoms with E-state index in [4.69, 9.17) is 0 Å². The Morgan fingerprint density at radius 2 is 1.95 bits per heavy atom. The van der Waals surface area contributed by atoms with Crippen molar-refractivity contribution in [1.82, 2.24) is 20.4 Å². The molecule has 0 saturated heterocycles. The molecule has 1 aromatic rings. The number of amides is 1. The van der Waals surface area contributed by atoms with E-state index >= 15 is 0 Å². The minimum Gasteiger partial charge on any atom is -0.355 e. The van der Waals surface area contributed by atoms with Crippen LogP contribution in [0.1, 0.15) is 44.1 Å². The zero-order chi connectivity index (χ0) is 15.8. The maximum atomic E-state index is 11.8. The average molecular weight is 331 g/mol. The Kier molecular flexibility index (Phi) is 10.1. The molecule has 2 N–H and O–H groups in total. The highest BCUT2D eigenvalue weighted by Gasteiger charge is 2.13. The summed E-state index contributed by atoms with van der Waals surface area (Å²) >= 11 is 0. The van der Waals surface area contributed by atoms with Crippen LogP contribution >= 0.6 is 12.4 Å². The number of nitrogens with one attached hydrogen (secondary N) is 2. The van der Waals surface area contributed by atoms with E-state index in [0.717, 1.165) is 31.7 Å². The molecule has 1 heterocycles. The van der Waals surface area contributed by atoms with Gasteiger partial charge in [0.05, 0.1) is 5.69 Å². The maximum Gasteiger partial charge on any atom is 0.220 e. The summed E-state index contributed by atoms with van der Waals surface area (Å²) in [6.07, 6.45) is 1.30. The summed E-state index contributed by atoms with van der Waals surface area (Å²) in [5, 5.41) is 10.7. The summed E-state index contributed by atoms with van der Waals surface area (Å²) in [6.45, 7) is 13.9. The maximum absolute atomic E-state index is 11.8. The van der Waals surface area contributed by atoms with Gasteiger partial charge < -0.3 is 10.6 Å². The molecule has 22 heavy (non-hydrogen) atoms. The molecule has 6 heteroatoms. The zero-order valence-corrected chi connectivity index (χ0v) is 15.3. The normalized spacial score (nSPS) is 10.6. The molecule has 1 amide bonds. The first kappa shape index (κ1) is 20.9. The molecule has 0 aliphatic carbocycles. The van der Waals surface area contributed by atoms with E-state index in [1.165, 1.54) is 11.3 Å². The van der Waals surface area contributed by atoms with Gasteiger partial charge in [-0.1, -0.05) is 20.8 Å². The molecular formula is C16H31ClN4O. The van der Waals surface area contributed by atoms with Gasteiger partial charge in [0.25, 0.3) is 0 Å². The molecule has 0 bridgehead atoms. The molecular weight excluding hydrogens is 300 g/mol. The van der Waals surface area contributed by atoms with Gasteiger partial charge in [0.2, 0.25) is 5.91 Å². The van der Waals surface area contributed by atoms with Crippen LogP contribution in [0.4, 0.5) is 0 Å². The highest BCUT2D eigenvalue weighted by molar-refractivity contribution is 5.85. The first-order valence-corrected chi connectivity index (χ1v) is 7.96. The third-order valence-corrected chi connectivity index (χ3v) is 3.55. The first-order chi connectivity index (χ1) is 9.95. The van der Waals surface area contributed by atoms with Crippen molar-refractivity contribution in [3.63, 3.8) is 0 Å².